The van der Waals surface area contributed by atoms with Gasteiger partial charge in [-0.1, -0.05) is 6.92 Å². The van der Waals surface area contributed by atoms with Crippen LogP contribution >= 0.6 is 11.8 Å². The molecule has 0 unspecified atom stereocenters. The van der Waals surface area contributed by atoms with Crippen LogP contribution in [0.1, 0.15) is 13.3 Å². The second-order valence-corrected chi connectivity index (χ2v) is 6.24. The summed E-state index contributed by atoms with van der Waals surface area (Å²) in [6.07, 6.45) is 1.00. The van der Waals surface area contributed by atoms with Crippen LogP contribution in [0, 0.1) is 0 Å². The van der Waals surface area contributed by atoms with E-state index >= 15 is 0 Å². The molecule has 1 aromatic rings. The highest BCUT2D eigenvalue weighted by molar-refractivity contribution is 7.99. The van der Waals surface area contributed by atoms with Crippen molar-refractivity contribution in [1.29, 1.82) is 0 Å². The summed E-state index contributed by atoms with van der Waals surface area (Å²) in [6.45, 7) is 7.26. The minimum Gasteiger partial charge on any atom is -0.493 e. The summed E-state index contributed by atoms with van der Waals surface area (Å²) in [5.41, 5.74) is 7.70. The van der Waals surface area contributed by atoms with E-state index in [1.54, 1.807) is 0 Å². The molecule has 2 rings (SSSR count). The van der Waals surface area contributed by atoms with Crippen molar-refractivity contribution >= 4 is 23.1 Å². The normalized spacial score (nSPS) is 16.1. The highest BCUT2D eigenvalue weighted by atomic mass is 32.2. The van der Waals surface area contributed by atoms with Gasteiger partial charge in [0, 0.05) is 61.2 Å². The maximum absolute atomic E-state index is 5.91. The van der Waals surface area contributed by atoms with E-state index in [1.165, 1.54) is 24.6 Å². The second-order valence-electron chi connectivity index (χ2n) is 5.02. The Bertz CT molecular complexity index is 408. The van der Waals surface area contributed by atoms with Crippen LogP contribution in [0.25, 0.3) is 0 Å². The summed E-state index contributed by atoms with van der Waals surface area (Å²) in [4.78, 5) is 2.50. The Balaban J connectivity index is 1.80. The fraction of sp³-hybridized carbons (Fsp3) is 0.600. The molecule has 0 bridgehead atoms. The number of thioether (sulfide) groups is 1. The molecule has 1 saturated heterocycles. The third kappa shape index (κ3) is 5.13. The second kappa shape index (κ2) is 8.27. The molecule has 0 saturated carbocycles. The van der Waals surface area contributed by atoms with Crippen LogP contribution in [0.4, 0.5) is 11.4 Å². The molecule has 0 amide bonds. The predicted octanol–water partition coefficient (Wildman–Crippen LogP) is 2.52. The van der Waals surface area contributed by atoms with Gasteiger partial charge in [0.2, 0.25) is 0 Å². The lowest BCUT2D eigenvalue weighted by Gasteiger charge is -2.26. The maximum Gasteiger partial charge on any atom is 0.123 e. The molecule has 0 spiro atoms. The third-order valence-electron chi connectivity index (χ3n) is 3.26. The molecule has 112 valence electrons. The largest absolute Gasteiger partial charge is 0.493 e. The van der Waals surface area contributed by atoms with E-state index in [2.05, 4.69) is 17.1 Å². The van der Waals surface area contributed by atoms with Gasteiger partial charge >= 0.3 is 0 Å². The van der Waals surface area contributed by atoms with Crippen molar-refractivity contribution in [1.82, 2.24) is 4.90 Å². The van der Waals surface area contributed by atoms with Gasteiger partial charge in [-0.25, -0.2) is 0 Å². The Morgan fingerprint density at radius 2 is 2.10 bits per heavy atom. The van der Waals surface area contributed by atoms with E-state index in [-0.39, 0.29) is 0 Å². The number of nitrogens with one attached hydrogen (secondary N) is 1. The molecule has 1 fully saturated rings. The number of hydrogen-bond acceptors (Lipinski definition) is 5. The molecule has 1 aliphatic heterocycles. The van der Waals surface area contributed by atoms with Crippen LogP contribution in [0.5, 0.6) is 5.75 Å². The number of anilines is 2. The van der Waals surface area contributed by atoms with Crippen LogP contribution in [0.15, 0.2) is 18.2 Å². The van der Waals surface area contributed by atoms with E-state index in [9.17, 15) is 0 Å². The van der Waals surface area contributed by atoms with Gasteiger partial charge in [-0.05, 0) is 12.5 Å². The number of nitrogen functional groups attached to an aromatic ring is 1. The minimum atomic E-state index is 0.730. The van der Waals surface area contributed by atoms with E-state index in [4.69, 9.17) is 10.5 Å². The van der Waals surface area contributed by atoms with E-state index in [0.29, 0.717) is 0 Å². The molecule has 0 aliphatic carbocycles. The van der Waals surface area contributed by atoms with Crippen molar-refractivity contribution in [3.63, 3.8) is 0 Å². The van der Waals surface area contributed by atoms with Gasteiger partial charge in [0.1, 0.15) is 5.75 Å². The van der Waals surface area contributed by atoms with Crippen LogP contribution in [-0.4, -0.2) is 49.2 Å². The zero-order chi connectivity index (χ0) is 14.2. The quantitative estimate of drug-likeness (QED) is 0.757. The summed E-state index contributed by atoms with van der Waals surface area (Å²) in [5, 5.41) is 3.44. The number of ether oxygens (including phenoxy) is 1. The topological polar surface area (TPSA) is 50.5 Å². The Morgan fingerprint density at radius 3 is 2.85 bits per heavy atom. The molecule has 20 heavy (non-hydrogen) atoms. The van der Waals surface area contributed by atoms with E-state index in [1.807, 2.05) is 30.0 Å². The van der Waals surface area contributed by atoms with Crippen LogP contribution in [0.2, 0.25) is 0 Å². The van der Waals surface area contributed by atoms with Gasteiger partial charge in [0.15, 0.2) is 0 Å². The molecular formula is C15H25N3OS. The third-order valence-corrected chi connectivity index (χ3v) is 4.21. The molecule has 5 heteroatoms. The van der Waals surface area contributed by atoms with E-state index in [0.717, 1.165) is 43.2 Å². The number of nitrogens with zero attached hydrogens (tertiary/aromatic N) is 1. The van der Waals surface area contributed by atoms with Crippen molar-refractivity contribution in [3.8, 4) is 5.75 Å². The molecule has 0 atom stereocenters. The Morgan fingerprint density at radius 1 is 1.30 bits per heavy atom. The minimum absolute atomic E-state index is 0.730. The zero-order valence-electron chi connectivity index (χ0n) is 12.2. The van der Waals surface area contributed by atoms with Gasteiger partial charge in [0.05, 0.1) is 6.61 Å². The fourth-order valence-electron chi connectivity index (χ4n) is 2.21. The number of rotatable bonds is 7. The number of benzene rings is 1. The van der Waals surface area contributed by atoms with Crippen LogP contribution in [-0.2, 0) is 0 Å². The predicted molar refractivity (Wildman–Crippen MR) is 88.9 cm³/mol. The van der Waals surface area contributed by atoms with Crippen molar-refractivity contribution in [2.75, 3.05) is 55.3 Å². The lowest BCUT2D eigenvalue weighted by molar-refractivity contribution is 0.314. The monoisotopic (exact) mass is 295 g/mol. The lowest BCUT2D eigenvalue weighted by Crippen LogP contribution is -2.36. The molecule has 0 aromatic heterocycles. The Kier molecular flexibility index (Phi) is 6.33. The average Bonchev–Trinajstić information content (AvgIpc) is 2.46. The summed E-state index contributed by atoms with van der Waals surface area (Å²) in [7, 11) is 0. The zero-order valence-corrected chi connectivity index (χ0v) is 13.0. The first-order valence-corrected chi connectivity index (χ1v) is 8.50. The highest BCUT2D eigenvalue weighted by Gasteiger charge is 2.09. The molecule has 4 nitrogen and oxygen atoms in total. The smallest absolute Gasteiger partial charge is 0.123 e. The number of hydrogen-bond donors (Lipinski definition) is 2. The molecular weight excluding hydrogens is 270 g/mol. The van der Waals surface area contributed by atoms with E-state index < -0.39 is 0 Å². The van der Waals surface area contributed by atoms with Gasteiger partial charge in [-0.15, -0.1) is 0 Å². The summed E-state index contributed by atoms with van der Waals surface area (Å²) >= 11 is 2.04. The van der Waals surface area contributed by atoms with Gasteiger partial charge in [-0.3, -0.25) is 4.90 Å². The lowest BCUT2D eigenvalue weighted by atomic mass is 10.2. The SMILES string of the molecule is CCCOc1cc(N)cc(NCCN2CCSCC2)c1. The Labute approximate surface area is 126 Å². The molecule has 1 aliphatic rings. The first-order chi connectivity index (χ1) is 9.78. The first kappa shape index (κ1) is 15.3. The van der Waals surface area contributed by atoms with Crippen LogP contribution in [0.3, 0.4) is 0 Å². The molecule has 1 aromatic carbocycles. The molecule has 0 radical (unpaired) electrons. The van der Waals surface area contributed by atoms with Crippen molar-refractivity contribution in [3.05, 3.63) is 18.2 Å². The average molecular weight is 295 g/mol. The summed E-state index contributed by atoms with van der Waals surface area (Å²) < 4.78 is 5.64. The van der Waals surface area contributed by atoms with Crippen molar-refractivity contribution < 1.29 is 4.74 Å². The van der Waals surface area contributed by atoms with Gasteiger partial charge in [0.25, 0.3) is 0 Å². The molecule has 3 N–H and O–H groups in total. The van der Waals surface area contributed by atoms with Crippen molar-refractivity contribution in [2.24, 2.45) is 0 Å². The van der Waals surface area contributed by atoms with Gasteiger partial charge < -0.3 is 15.8 Å². The summed E-state index contributed by atoms with van der Waals surface area (Å²) in [5.74, 6) is 3.37. The highest BCUT2D eigenvalue weighted by Crippen LogP contribution is 2.22. The standard InChI is InChI=1S/C15H25N3OS/c1-2-7-19-15-11-13(16)10-14(12-15)17-3-4-18-5-8-20-9-6-18/h10-12,17H,2-9,16H2,1H3. The Hall–Kier alpha value is -1.07. The van der Waals surface area contributed by atoms with Crippen LogP contribution < -0.4 is 15.8 Å². The summed E-state index contributed by atoms with van der Waals surface area (Å²) in [6, 6.07) is 5.87. The number of nitrogens with two attached hydrogens (primary N) is 1. The van der Waals surface area contributed by atoms with Gasteiger partial charge in [-0.2, -0.15) is 11.8 Å². The van der Waals surface area contributed by atoms with Crippen molar-refractivity contribution in [2.45, 2.75) is 13.3 Å². The maximum atomic E-state index is 5.91. The first-order valence-electron chi connectivity index (χ1n) is 7.35. The molecule has 1 heterocycles. The fourth-order valence-corrected chi connectivity index (χ4v) is 3.19.